The van der Waals surface area contributed by atoms with Crippen molar-refractivity contribution >= 4 is 5.69 Å². The zero-order chi connectivity index (χ0) is 10.8. The number of rotatable bonds is 2. The van der Waals surface area contributed by atoms with Crippen LogP contribution in [0.5, 0.6) is 0 Å². The van der Waals surface area contributed by atoms with Crippen LogP contribution in [0.25, 0.3) is 0 Å². The largest absolute Gasteiger partial charge is 0.385 e. The molecule has 1 aromatic rings. The van der Waals surface area contributed by atoms with Gasteiger partial charge in [-0.1, -0.05) is 18.2 Å². The number of aliphatic hydroxyl groups is 1. The highest BCUT2D eigenvalue weighted by molar-refractivity contribution is 5.60. The van der Waals surface area contributed by atoms with Crippen LogP contribution in [0.2, 0.25) is 0 Å². The zero-order valence-corrected chi connectivity index (χ0v) is 9.39. The van der Waals surface area contributed by atoms with E-state index in [4.69, 9.17) is 0 Å². The lowest BCUT2D eigenvalue weighted by Gasteiger charge is -2.29. The zero-order valence-electron chi connectivity index (χ0n) is 9.39. The summed E-state index contributed by atoms with van der Waals surface area (Å²) < 4.78 is 0. The molecule has 0 atom stereocenters. The van der Waals surface area contributed by atoms with Crippen molar-refractivity contribution in [2.45, 2.75) is 37.3 Å². The van der Waals surface area contributed by atoms with E-state index in [0.717, 1.165) is 24.8 Å². The van der Waals surface area contributed by atoms with Gasteiger partial charge in [0.25, 0.3) is 0 Å². The Labute approximate surface area is 95.9 Å². The summed E-state index contributed by atoms with van der Waals surface area (Å²) >= 11 is 0. The highest BCUT2D eigenvalue weighted by Crippen LogP contribution is 2.51. The minimum Gasteiger partial charge on any atom is -0.385 e. The van der Waals surface area contributed by atoms with Crippen LogP contribution in [0.4, 0.5) is 5.69 Å². The van der Waals surface area contributed by atoms with Gasteiger partial charge in [-0.05, 0) is 37.7 Å². The molecule has 0 aromatic heterocycles. The fraction of sp³-hybridized carbons (Fsp3) is 0.571. The molecule has 1 N–H and O–H groups in total. The quantitative estimate of drug-likeness (QED) is 0.818. The van der Waals surface area contributed by atoms with Gasteiger partial charge in [0.15, 0.2) is 0 Å². The van der Waals surface area contributed by atoms with Gasteiger partial charge in [0.1, 0.15) is 0 Å². The molecule has 2 aliphatic heterocycles. The van der Waals surface area contributed by atoms with Crippen molar-refractivity contribution in [2.24, 2.45) is 5.92 Å². The van der Waals surface area contributed by atoms with Crippen LogP contribution in [0, 0.1) is 5.92 Å². The molecule has 0 spiro atoms. The number of nitrogens with zero attached hydrogens (tertiary/aromatic N) is 1. The molecule has 4 aliphatic rings. The van der Waals surface area contributed by atoms with Gasteiger partial charge >= 0.3 is 0 Å². The van der Waals surface area contributed by atoms with Crippen LogP contribution in [0.1, 0.15) is 31.2 Å². The van der Waals surface area contributed by atoms with Crippen LogP contribution >= 0.6 is 0 Å². The first-order chi connectivity index (χ1) is 7.76. The lowest BCUT2D eigenvalue weighted by Crippen LogP contribution is -2.30. The van der Waals surface area contributed by atoms with E-state index < -0.39 is 5.60 Å². The molecule has 2 heteroatoms. The molecule has 2 saturated heterocycles. The van der Waals surface area contributed by atoms with E-state index in [0.29, 0.717) is 0 Å². The summed E-state index contributed by atoms with van der Waals surface area (Å²) in [4.78, 5) is 2.52. The van der Waals surface area contributed by atoms with E-state index in [1.807, 2.05) is 0 Å². The second kappa shape index (κ2) is 2.80. The van der Waals surface area contributed by atoms with Crippen molar-refractivity contribution in [2.75, 3.05) is 11.4 Å². The number of hydrogen-bond donors (Lipinski definition) is 1. The van der Waals surface area contributed by atoms with E-state index in [1.54, 1.807) is 0 Å². The predicted molar refractivity (Wildman–Crippen MR) is 63.4 cm³/mol. The van der Waals surface area contributed by atoms with Crippen molar-refractivity contribution in [1.82, 2.24) is 0 Å². The van der Waals surface area contributed by atoms with Gasteiger partial charge in [0.2, 0.25) is 0 Å². The summed E-state index contributed by atoms with van der Waals surface area (Å²) in [5.74, 6) is 0.923. The summed E-state index contributed by atoms with van der Waals surface area (Å²) in [6.07, 6.45) is 4.61. The number of para-hydroxylation sites is 1. The smallest absolute Gasteiger partial charge is 0.0918 e. The summed E-state index contributed by atoms with van der Waals surface area (Å²) in [6, 6.07) is 9.20. The fourth-order valence-electron chi connectivity index (χ4n) is 3.33. The lowest BCUT2D eigenvalue weighted by molar-refractivity contribution is 0.152. The average Bonchev–Trinajstić information content (AvgIpc) is 2.76. The Kier molecular flexibility index (Phi) is 1.59. The SMILES string of the molecule is OC1(c2ccccc2N2CC3CC2C3)CC1. The minimum atomic E-state index is -0.496. The van der Waals surface area contributed by atoms with Crippen molar-refractivity contribution in [3.05, 3.63) is 29.8 Å². The maximum absolute atomic E-state index is 10.3. The van der Waals surface area contributed by atoms with Gasteiger partial charge in [0.05, 0.1) is 5.60 Å². The first-order valence-electron chi connectivity index (χ1n) is 6.35. The Morgan fingerprint density at radius 1 is 1.19 bits per heavy atom. The van der Waals surface area contributed by atoms with Crippen molar-refractivity contribution in [3.8, 4) is 0 Å². The topological polar surface area (TPSA) is 23.5 Å². The highest BCUT2D eigenvalue weighted by Gasteiger charge is 2.48. The third-order valence-electron chi connectivity index (χ3n) is 4.54. The molecule has 2 aliphatic carbocycles. The van der Waals surface area contributed by atoms with Crippen molar-refractivity contribution in [1.29, 1.82) is 0 Å². The Morgan fingerprint density at radius 3 is 2.56 bits per heavy atom. The Morgan fingerprint density at radius 2 is 1.94 bits per heavy atom. The first-order valence-corrected chi connectivity index (χ1v) is 6.35. The monoisotopic (exact) mass is 215 g/mol. The molecular weight excluding hydrogens is 198 g/mol. The van der Waals surface area contributed by atoms with Gasteiger partial charge in [-0.15, -0.1) is 0 Å². The summed E-state index contributed by atoms with van der Waals surface area (Å²) in [5, 5.41) is 10.3. The number of fused-ring (bicyclic) bond motifs is 1. The molecule has 0 radical (unpaired) electrons. The number of benzene rings is 1. The molecule has 5 rings (SSSR count). The summed E-state index contributed by atoms with van der Waals surface area (Å²) in [7, 11) is 0. The normalized spacial score (nSPS) is 33.7. The van der Waals surface area contributed by atoms with E-state index in [9.17, 15) is 5.11 Å². The highest BCUT2D eigenvalue weighted by atomic mass is 16.3. The average molecular weight is 215 g/mol. The van der Waals surface area contributed by atoms with Crippen LogP contribution < -0.4 is 4.90 Å². The second-order valence-electron chi connectivity index (χ2n) is 5.69. The standard InChI is InChI=1S/C14H17NO/c16-14(5-6-14)12-3-1-2-4-13(12)15-9-10-7-11(15)8-10/h1-4,10-11,16H,5-9H2. The van der Waals surface area contributed by atoms with Crippen LogP contribution in [0.15, 0.2) is 24.3 Å². The fourth-order valence-corrected chi connectivity index (χ4v) is 3.33. The molecular formula is C14H17NO. The maximum atomic E-state index is 10.3. The lowest BCUT2D eigenvalue weighted by atomic mass is 9.86. The molecule has 2 saturated carbocycles. The van der Waals surface area contributed by atoms with Crippen molar-refractivity contribution < 1.29 is 5.11 Å². The summed E-state index contributed by atoms with van der Waals surface area (Å²) in [6.45, 7) is 1.21. The third kappa shape index (κ3) is 1.11. The number of hydrogen-bond acceptors (Lipinski definition) is 2. The van der Waals surface area contributed by atoms with Gasteiger partial charge < -0.3 is 10.0 Å². The molecule has 2 nitrogen and oxygen atoms in total. The molecule has 0 amide bonds. The van der Waals surface area contributed by atoms with Crippen LogP contribution in [-0.2, 0) is 5.60 Å². The van der Waals surface area contributed by atoms with E-state index in [2.05, 4.69) is 29.2 Å². The number of anilines is 1. The molecule has 1 aromatic carbocycles. The van der Waals surface area contributed by atoms with Crippen molar-refractivity contribution in [3.63, 3.8) is 0 Å². The van der Waals surface area contributed by atoms with Crippen LogP contribution in [0.3, 0.4) is 0 Å². The van der Waals surface area contributed by atoms with Gasteiger partial charge in [-0.25, -0.2) is 0 Å². The Bertz CT molecular complexity index is 432. The predicted octanol–water partition coefficient (Wildman–Crippen LogP) is 2.27. The van der Waals surface area contributed by atoms with Gasteiger partial charge in [0, 0.05) is 23.8 Å². The maximum Gasteiger partial charge on any atom is 0.0918 e. The minimum absolute atomic E-state index is 0.496. The van der Waals surface area contributed by atoms with E-state index >= 15 is 0 Å². The van der Waals surface area contributed by atoms with Gasteiger partial charge in [-0.2, -0.15) is 0 Å². The molecule has 4 fully saturated rings. The molecule has 2 bridgehead atoms. The molecule has 16 heavy (non-hydrogen) atoms. The Hall–Kier alpha value is -1.02. The Balaban J connectivity index is 1.76. The van der Waals surface area contributed by atoms with E-state index in [-0.39, 0.29) is 0 Å². The molecule has 0 unspecified atom stereocenters. The second-order valence-corrected chi connectivity index (χ2v) is 5.69. The first kappa shape index (κ1) is 9.06. The van der Waals surface area contributed by atoms with E-state index in [1.165, 1.54) is 30.6 Å². The third-order valence-corrected chi connectivity index (χ3v) is 4.54. The molecule has 84 valence electrons. The summed E-state index contributed by atoms with van der Waals surface area (Å²) in [5.41, 5.74) is 1.97. The molecule has 2 heterocycles. The van der Waals surface area contributed by atoms with Crippen LogP contribution in [-0.4, -0.2) is 17.7 Å². The van der Waals surface area contributed by atoms with Gasteiger partial charge in [-0.3, -0.25) is 0 Å².